The number of carbonyl (C=O) groups excluding carboxylic acids is 1. The Morgan fingerprint density at radius 3 is 2.60 bits per heavy atom. The number of anilines is 1. The number of methoxy groups -OCH3 is 2. The second-order valence-electron chi connectivity index (χ2n) is 5.18. The zero-order valence-electron chi connectivity index (χ0n) is 13.9. The molecule has 0 bridgehead atoms. The Morgan fingerprint density at radius 1 is 1.08 bits per heavy atom. The van der Waals surface area contributed by atoms with E-state index in [2.05, 4.69) is 15.5 Å². The highest BCUT2D eigenvalue weighted by Crippen LogP contribution is 2.29. The molecule has 0 aliphatic heterocycles. The molecule has 0 aliphatic rings. The summed E-state index contributed by atoms with van der Waals surface area (Å²) in [5.41, 5.74) is 1.51. The maximum atomic E-state index is 12.3. The van der Waals surface area contributed by atoms with Crippen LogP contribution in [0.4, 0.5) is 5.69 Å². The van der Waals surface area contributed by atoms with Crippen molar-refractivity contribution in [3.8, 4) is 11.5 Å². The van der Waals surface area contributed by atoms with Gasteiger partial charge in [-0.1, -0.05) is 30.3 Å². The highest BCUT2D eigenvalue weighted by Gasteiger charge is 2.17. The minimum absolute atomic E-state index is 0.108. The standard InChI is InChI=1S/C18H17N3O4/c1-23-13-8-9-14(15(11-13)24-2)19-17(22)18-21-20-16(25-18)10-12-6-4-3-5-7-12/h3-9,11H,10H2,1-2H3,(H,19,22). The van der Waals surface area contributed by atoms with E-state index in [4.69, 9.17) is 13.9 Å². The topological polar surface area (TPSA) is 86.5 Å². The minimum atomic E-state index is -0.504. The lowest BCUT2D eigenvalue weighted by Gasteiger charge is -2.10. The summed E-state index contributed by atoms with van der Waals surface area (Å²) in [6.07, 6.45) is 0.465. The van der Waals surface area contributed by atoms with Gasteiger partial charge in [0.05, 0.1) is 26.3 Å². The molecule has 7 nitrogen and oxygen atoms in total. The first kappa shape index (κ1) is 16.5. The van der Waals surface area contributed by atoms with Crippen molar-refractivity contribution >= 4 is 11.6 Å². The van der Waals surface area contributed by atoms with Crippen LogP contribution in [-0.2, 0) is 6.42 Å². The van der Waals surface area contributed by atoms with E-state index in [1.165, 1.54) is 7.11 Å². The third kappa shape index (κ3) is 3.95. The molecule has 0 aliphatic carbocycles. The molecule has 0 spiro atoms. The summed E-state index contributed by atoms with van der Waals surface area (Å²) in [6, 6.07) is 14.7. The Morgan fingerprint density at radius 2 is 1.88 bits per heavy atom. The molecule has 0 fully saturated rings. The number of nitrogens with one attached hydrogen (secondary N) is 1. The molecule has 128 valence electrons. The number of ether oxygens (including phenoxy) is 2. The van der Waals surface area contributed by atoms with E-state index in [0.717, 1.165) is 5.56 Å². The summed E-state index contributed by atoms with van der Waals surface area (Å²) in [6.45, 7) is 0. The molecule has 7 heteroatoms. The fourth-order valence-electron chi connectivity index (χ4n) is 2.26. The van der Waals surface area contributed by atoms with Gasteiger partial charge in [0.25, 0.3) is 0 Å². The number of hydrogen-bond acceptors (Lipinski definition) is 6. The normalized spacial score (nSPS) is 10.3. The maximum absolute atomic E-state index is 12.3. The average molecular weight is 339 g/mol. The molecule has 1 aromatic heterocycles. The maximum Gasteiger partial charge on any atom is 0.313 e. The Hall–Kier alpha value is -3.35. The zero-order chi connectivity index (χ0) is 17.6. The number of aromatic nitrogens is 2. The summed E-state index contributed by atoms with van der Waals surface area (Å²) in [4.78, 5) is 12.3. The molecule has 0 saturated heterocycles. The van der Waals surface area contributed by atoms with Crippen LogP contribution in [0.5, 0.6) is 11.5 Å². The van der Waals surface area contributed by atoms with Gasteiger partial charge in [-0.3, -0.25) is 4.79 Å². The van der Waals surface area contributed by atoms with Crippen molar-refractivity contribution in [1.29, 1.82) is 0 Å². The van der Waals surface area contributed by atoms with E-state index in [1.54, 1.807) is 25.3 Å². The molecule has 0 unspecified atom stereocenters. The van der Waals surface area contributed by atoms with Crippen LogP contribution in [0, 0.1) is 0 Å². The van der Waals surface area contributed by atoms with Crippen LogP contribution in [0.1, 0.15) is 22.1 Å². The minimum Gasteiger partial charge on any atom is -0.497 e. The van der Waals surface area contributed by atoms with Gasteiger partial charge in [0, 0.05) is 6.07 Å². The van der Waals surface area contributed by atoms with Crippen LogP contribution in [0.15, 0.2) is 52.9 Å². The van der Waals surface area contributed by atoms with Gasteiger partial charge in [0.15, 0.2) is 0 Å². The second kappa shape index (κ2) is 7.48. The van der Waals surface area contributed by atoms with Crippen LogP contribution in [0.3, 0.4) is 0 Å². The number of benzene rings is 2. The summed E-state index contributed by atoms with van der Waals surface area (Å²) in [5, 5.41) is 10.4. The Kier molecular flexibility index (Phi) is 4.94. The summed E-state index contributed by atoms with van der Waals surface area (Å²) >= 11 is 0. The number of hydrogen-bond donors (Lipinski definition) is 1. The van der Waals surface area contributed by atoms with Crippen molar-refractivity contribution in [3.63, 3.8) is 0 Å². The number of rotatable bonds is 6. The van der Waals surface area contributed by atoms with Crippen molar-refractivity contribution in [2.45, 2.75) is 6.42 Å². The van der Waals surface area contributed by atoms with Gasteiger partial charge in [-0.2, -0.15) is 0 Å². The van der Waals surface area contributed by atoms with Gasteiger partial charge in [0.1, 0.15) is 11.5 Å². The Bertz CT molecular complexity index is 862. The van der Waals surface area contributed by atoms with Crippen LogP contribution < -0.4 is 14.8 Å². The van der Waals surface area contributed by atoms with Crippen molar-refractivity contribution in [1.82, 2.24) is 10.2 Å². The predicted molar refractivity (Wildman–Crippen MR) is 91.0 cm³/mol. The van der Waals surface area contributed by atoms with Gasteiger partial charge >= 0.3 is 11.8 Å². The second-order valence-corrected chi connectivity index (χ2v) is 5.18. The van der Waals surface area contributed by atoms with E-state index in [0.29, 0.717) is 29.5 Å². The molecule has 0 radical (unpaired) electrons. The smallest absolute Gasteiger partial charge is 0.313 e. The van der Waals surface area contributed by atoms with Crippen molar-refractivity contribution in [2.75, 3.05) is 19.5 Å². The highest BCUT2D eigenvalue weighted by atomic mass is 16.5. The molecule has 2 aromatic carbocycles. The molecule has 3 rings (SSSR count). The van der Waals surface area contributed by atoms with Gasteiger partial charge in [-0.25, -0.2) is 0 Å². The average Bonchev–Trinajstić information content (AvgIpc) is 3.11. The van der Waals surface area contributed by atoms with Crippen LogP contribution >= 0.6 is 0 Å². The molecule has 1 N–H and O–H groups in total. The number of nitrogens with zero attached hydrogens (tertiary/aromatic N) is 2. The summed E-state index contributed by atoms with van der Waals surface area (Å²) < 4.78 is 15.8. The highest BCUT2D eigenvalue weighted by molar-refractivity contribution is 6.01. The van der Waals surface area contributed by atoms with Crippen molar-refractivity contribution in [3.05, 3.63) is 65.9 Å². The predicted octanol–water partition coefficient (Wildman–Crippen LogP) is 2.93. The molecule has 25 heavy (non-hydrogen) atoms. The fourth-order valence-corrected chi connectivity index (χ4v) is 2.26. The van der Waals surface area contributed by atoms with E-state index < -0.39 is 5.91 Å². The monoisotopic (exact) mass is 339 g/mol. The molecule has 3 aromatic rings. The SMILES string of the molecule is COc1ccc(NC(=O)c2nnc(Cc3ccccc3)o2)c(OC)c1. The molecular formula is C18H17N3O4. The van der Waals surface area contributed by atoms with Gasteiger partial charge in [-0.05, 0) is 17.7 Å². The quantitative estimate of drug-likeness (QED) is 0.743. The van der Waals surface area contributed by atoms with Crippen LogP contribution in [0.25, 0.3) is 0 Å². The zero-order valence-corrected chi connectivity index (χ0v) is 13.9. The van der Waals surface area contributed by atoms with E-state index >= 15 is 0 Å². The number of amides is 1. The third-order valence-electron chi connectivity index (χ3n) is 3.52. The molecular weight excluding hydrogens is 322 g/mol. The van der Waals surface area contributed by atoms with Crippen LogP contribution in [0.2, 0.25) is 0 Å². The van der Waals surface area contributed by atoms with Crippen molar-refractivity contribution in [2.24, 2.45) is 0 Å². The lowest BCUT2D eigenvalue weighted by molar-refractivity contribution is 0.0988. The largest absolute Gasteiger partial charge is 0.497 e. The first-order valence-electron chi connectivity index (χ1n) is 7.59. The van der Waals surface area contributed by atoms with E-state index in [-0.39, 0.29) is 5.89 Å². The Labute approximate surface area is 144 Å². The lowest BCUT2D eigenvalue weighted by Crippen LogP contribution is -2.13. The van der Waals surface area contributed by atoms with Gasteiger partial charge < -0.3 is 19.2 Å². The summed E-state index contributed by atoms with van der Waals surface area (Å²) in [5.74, 6) is 0.853. The number of carbonyl (C=O) groups is 1. The van der Waals surface area contributed by atoms with E-state index in [1.807, 2.05) is 30.3 Å². The molecule has 1 amide bonds. The lowest BCUT2D eigenvalue weighted by atomic mass is 10.2. The van der Waals surface area contributed by atoms with Crippen molar-refractivity contribution < 1.29 is 18.7 Å². The molecule has 0 saturated carbocycles. The summed E-state index contributed by atoms with van der Waals surface area (Å²) in [7, 11) is 3.06. The van der Waals surface area contributed by atoms with Gasteiger partial charge in [-0.15, -0.1) is 10.2 Å². The first-order chi connectivity index (χ1) is 12.2. The molecule has 0 atom stereocenters. The van der Waals surface area contributed by atoms with E-state index in [9.17, 15) is 4.79 Å². The third-order valence-corrected chi connectivity index (χ3v) is 3.52. The molecule has 1 heterocycles. The Balaban J connectivity index is 1.72. The van der Waals surface area contributed by atoms with Crippen LogP contribution in [-0.4, -0.2) is 30.3 Å². The fraction of sp³-hybridized carbons (Fsp3) is 0.167. The van der Waals surface area contributed by atoms with Gasteiger partial charge in [0.2, 0.25) is 5.89 Å². The first-order valence-corrected chi connectivity index (χ1v) is 7.59.